The minimum atomic E-state index is -0.892. The summed E-state index contributed by atoms with van der Waals surface area (Å²) in [5.41, 5.74) is 3.55. The Morgan fingerprint density at radius 2 is 1.60 bits per heavy atom. The molecule has 0 aromatic heterocycles. The molecule has 1 heterocycles. The lowest BCUT2D eigenvalue weighted by Crippen LogP contribution is -2.40. The zero-order valence-electron chi connectivity index (χ0n) is 24.0. The van der Waals surface area contributed by atoms with Crippen molar-refractivity contribution in [2.24, 2.45) is 0 Å². The van der Waals surface area contributed by atoms with Gasteiger partial charge >= 0.3 is 0 Å². The first kappa shape index (κ1) is 30.0. The molecule has 0 unspecified atom stereocenters. The van der Waals surface area contributed by atoms with E-state index in [9.17, 15) is 5.11 Å². The molecule has 1 fully saturated rings. The number of benzene rings is 4. The van der Waals surface area contributed by atoms with E-state index in [2.05, 4.69) is 59.9 Å². The Labute approximate surface area is 248 Å². The van der Waals surface area contributed by atoms with Crippen LogP contribution in [0.4, 0.5) is 0 Å². The molecular weight excluding hydrogens is 530 g/mol. The molecule has 1 aliphatic rings. The van der Waals surface area contributed by atoms with Crippen LogP contribution in [0, 0.1) is 0 Å². The molecule has 7 nitrogen and oxygen atoms in total. The van der Waals surface area contributed by atoms with Crippen molar-refractivity contribution in [1.29, 1.82) is 0 Å². The summed E-state index contributed by atoms with van der Waals surface area (Å²) in [6.07, 6.45) is 1.03. The maximum Gasteiger partial charge on any atom is 0.120 e. The summed E-state index contributed by atoms with van der Waals surface area (Å²) >= 11 is 0. The van der Waals surface area contributed by atoms with Crippen molar-refractivity contribution in [2.75, 3.05) is 39.5 Å². The number of hydrogen-bond donors (Lipinski definition) is 3. The third-order valence-corrected chi connectivity index (χ3v) is 7.54. The highest BCUT2D eigenvalue weighted by atomic mass is 16.5. The van der Waals surface area contributed by atoms with Crippen LogP contribution in [0.25, 0.3) is 10.8 Å². The van der Waals surface area contributed by atoms with Crippen LogP contribution in [0.15, 0.2) is 91.0 Å². The molecule has 4 aromatic rings. The lowest BCUT2D eigenvalue weighted by molar-refractivity contribution is 0.0106. The number of ether oxygens (including phenoxy) is 4. The second kappa shape index (κ2) is 15.7. The molecule has 5 rings (SSSR count). The summed E-state index contributed by atoms with van der Waals surface area (Å²) in [7, 11) is 0. The number of piperidine rings is 1. The van der Waals surface area contributed by atoms with Crippen molar-refractivity contribution in [2.45, 2.75) is 44.2 Å². The van der Waals surface area contributed by atoms with E-state index in [0.717, 1.165) is 48.0 Å². The van der Waals surface area contributed by atoms with Crippen molar-refractivity contribution in [3.63, 3.8) is 0 Å². The van der Waals surface area contributed by atoms with E-state index in [1.807, 2.05) is 36.4 Å². The van der Waals surface area contributed by atoms with Gasteiger partial charge in [0.1, 0.15) is 24.2 Å². The highest BCUT2D eigenvalue weighted by molar-refractivity contribution is 5.84. The third kappa shape index (κ3) is 8.77. The number of fused-ring (bicyclic) bond motifs is 1. The number of hydrogen-bond acceptors (Lipinski definition) is 7. The van der Waals surface area contributed by atoms with Gasteiger partial charge in [-0.3, -0.25) is 0 Å². The van der Waals surface area contributed by atoms with Gasteiger partial charge < -0.3 is 34.5 Å². The molecule has 3 N–H and O–H groups in total. The van der Waals surface area contributed by atoms with Gasteiger partial charge in [-0.25, -0.2) is 0 Å². The summed E-state index contributed by atoms with van der Waals surface area (Å²) in [6.45, 7) is 3.94. The van der Waals surface area contributed by atoms with Gasteiger partial charge in [0.25, 0.3) is 0 Å². The molecular formula is C35H41NO6. The normalized spacial score (nSPS) is 17.7. The Balaban J connectivity index is 1.10. The van der Waals surface area contributed by atoms with E-state index in [0.29, 0.717) is 38.1 Å². The molecule has 4 aromatic carbocycles. The molecule has 0 aliphatic carbocycles. The predicted molar refractivity (Wildman–Crippen MR) is 164 cm³/mol. The number of nitrogens with one attached hydrogen (secondary N) is 1. The van der Waals surface area contributed by atoms with Gasteiger partial charge in [-0.2, -0.15) is 0 Å². The van der Waals surface area contributed by atoms with Crippen LogP contribution in [0.2, 0.25) is 0 Å². The number of rotatable bonds is 15. The molecule has 0 radical (unpaired) electrons. The molecule has 42 heavy (non-hydrogen) atoms. The van der Waals surface area contributed by atoms with Crippen molar-refractivity contribution in [3.05, 3.63) is 108 Å². The van der Waals surface area contributed by atoms with E-state index in [-0.39, 0.29) is 19.3 Å². The molecule has 0 spiro atoms. The smallest absolute Gasteiger partial charge is 0.120 e. The lowest BCUT2D eigenvalue weighted by Gasteiger charge is -2.32. The van der Waals surface area contributed by atoms with E-state index < -0.39 is 6.10 Å². The van der Waals surface area contributed by atoms with Crippen LogP contribution in [-0.4, -0.2) is 61.9 Å². The van der Waals surface area contributed by atoms with Crippen LogP contribution in [0.3, 0.4) is 0 Å². The summed E-state index contributed by atoms with van der Waals surface area (Å²) in [5, 5.41) is 24.2. The molecule has 0 saturated carbocycles. The van der Waals surface area contributed by atoms with E-state index in [1.54, 1.807) is 0 Å². The fourth-order valence-corrected chi connectivity index (χ4v) is 5.22. The fraction of sp³-hybridized carbons (Fsp3) is 0.371. The summed E-state index contributed by atoms with van der Waals surface area (Å²) in [6, 6.07) is 30.8. The Morgan fingerprint density at radius 1 is 0.786 bits per heavy atom. The second-order valence-corrected chi connectivity index (χ2v) is 10.7. The van der Waals surface area contributed by atoms with Gasteiger partial charge in [0.2, 0.25) is 0 Å². The van der Waals surface area contributed by atoms with E-state index in [4.69, 9.17) is 24.1 Å². The molecule has 222 valence electrons. The largest absolute Gasteiger partial charge is 0.494 e. The van der Waals surface area contributed by atoms with Gasteiger partial charge in [-0.05, 0) is 70.8 Å². The first-order valence-corrected chi connectivity index (χ1v) is 14.8. The van der Waals surface area contributed by atoms with E-state index >= 15 is 0 Å². The summed E-state index contributed by atoms with van der Waals surface area (Å²) in [5.74, 6) is 1.84. The van der Waals surface area contributed by atoms with Crippen molar-refractivity contribution in [1.82, 2.24) is 5.32 Å². The van der Waals surface area contributed by atoms with Crippen LogP contribution in [-0.2, 0) is 22.7 Å². The van der Waals surface area contributed by atoms with E-state index in [1.165, 1.54) is 11.1 Å². The van der Waals surface area contributed by atoms with Crippen molar-refractivity contribution >= 4 is 10.8 Å². The highest BCUT2D eigenvalue weighted by Gasteiger charge is 2.27. The van der Waals surface area contributed by atoms with Crippen LogP contribution >= 0.6 is 0 Å². The third-order valence-electron chi connectivity index (χ3n) is 7.54. The zero-order chi connectivity index (χ0) is 29.0. The Morgan fingerprint density at radius 3 is 2.43 bits per heavy atom. The van der Waals surface area contributed by atoms with Crippen LogP contribution in [0.5, 0.6) is 11.5 Å². The second-order valence-electron chi connectivity index (χ2n) is 10.7. The average molecular weight is 572 g/mol. The van der Waals surface area contributed by atoms with Crippen LogP contribution < -0.4 is 14.8 Å². The topological polar surface area (TPSA) is 89.4 Å². The molecule has 0 bridgehead atoms. The SMILES string of the molecule is OC[C@H](O)COc1ccc2ccc(CO[C@H]3CNCC[C@@H]3c3ccc(OCCCOCc4ccccc4)cc3)cc2c1. The summed E-state index contributed by atoms with van der Waals surface area (Å²) in [4.78, 5) is 0. The average Bonchev–Trinajstić information content (AvgIpc) is 3.05. The maximum absolute atomic E-state index is 9.57. The Bertz CT molecular complexity index is 1360. The first-order valence-electron chi connectivity index (χ1n) is 14.8. The first-order chi connectivity index (χ1) is 20.7. The highest BCUT2D eigenvalue weighted by Crippen LogP contribution is 2.30. The van der Waals surface area contributed by atoms with Crippen LogP contribution in [0.1, 0.15) is 35.4 Å². The van der Waals surface area contributed by atoms with Crippen molar-refractivity contribution in [3.8, 4) is 11.5 Å². The predicted octanol–water partition coefficient (Wildman–Crippen LogP) is 5.22. The quantitative estimate of drug-likeness (QED) is 0.169. The molecule has 0 amide bonds. The fourth-order valence-electron chi connectivity index (χ4n) is 5.22. The van der Waals surface area contributed by atoms with Crippen molar-refractivity contribution < 1.29 is 29.2 Å². The van der Waals surface area contributed by atoms with Gasteiger partial charge in [0, 0.05) is 18.9 Å². The number of aliphatic hydroxyl groups excluding tert-OH is 2. The standard InChI is InChI=1S/C35H41NO6/c37-22-31(38)25-41-33-14-9-28-8-7-27(19-30(28)20-33)24-42-35-21-36-16-15-34(35)29-10-12-32(13-11-29)40-18-4-17-39-23-26-5-2-1-3-6-26/h1-3,5-14,19-20,31,34-38H,4,15-18,21-25H2/t31-,34+,35-/m0/s1. The van der Waals surface area contributed by atoms with Gasteiger partial charge in [-0.15, -0.1) is 0 Å². The number of aliphatic hydroxyl groups is 2. The van der Waals surface area contributed by atoms with Gasteiger partial charge in [-0.1, -0.05) is 60.7 Å². The Kier molecular flexibility index (Phi) is 11.2. The molecule has 1 aliphatic heterocycles. The molecule has 3 atom stereocenters. The van der Waals surface area contributed by atoms with Gasteiger partial charge in [0.15, 0.2) is 0 Å². The minimum Gasteiger partial charge on any atom is -0.494 e. The van der Waals surface area contributed by atoms with Gasteiger partial charge in [0.05, 0.1) is 39.1 Å². The molecule has 7 heteroatoms. The Hall–Kier alpha value is -3.46. The maximum atomic E-state index is 9.57. The molecule has 1 saturated heterocycles. The lowest BCUT2D eigenvalue weighted by atomic mass is 9.87. The minimum absolute atomic E-state index is 0.0537. The summed E-state index contributed by atoms with van der Waals surface area (Å²) < 4.78 is 23.8. The monoisotopic (exact) mass is 571 g/mol. The zero-order valence-corrected chi connectivity index (χ0v) is 24.0.